The molecule has 0 aromatic carbocycles. The van der Waals surface area contributed by atoms with Gasteiger partial charge >= 0.3 is 5.97 Å². The van der Waals surface area contributed by atoms with Crippen molar-refractivity contribution >= 4 is 5.97 Å². The van der Waals surface area contributed by atoms with E-state index in [4.69, 9.17) is 4.74 Å². The molecule has 0 aliphatic heterocycles. The summed E-state index contributed by atoms with van der Waals surface area (Å²) in [5.41, 5.74) is 1.15. The van der Waals surface area contributed by atoms with Crippen molar-refractivity contribution in [3.63, 3.8) is 0 Å². The number of nitrogens with zero attached hydrogens (tertiary/aromatic N) is 2. The highest BCUT2D eigenvalue weighted by Gasteiger charge is 2.04. The molecule has 0 radical (unpaired) electrons. The van der Waals surface area contributed by atoms with Crippen molar-refractivity contribution in [2.75, 3.05) is 20.2 Å². The van der Waals surface area contributed by atoms with E-state index in [1.807, 2.05) is 13.2 Å². The van der Waals surface area contributed by atoms with E-state index < -0.39 is 0 Å². The number of esters is 1. The van der Waals surface area contributed by atoms with Gasteiger partial charge in [-0.25, -0.2) is 0 Å². The predicted molar refractivity (Wildman–Crippen MR) is 61.1 cm³/mol. The molecule has 1 heterocycles. The van der Waals surface area contributed by atoms with Gasteiger partial charge in [0.05, 0.1) is 12.8 Å². The van der Waals surface area contributed by atoms with Crippen LogP contribution in [-0.4, -0.2) is 35.9 Å². The molecule has 0 aliphatic carbocycles. The van der Waals surface area contributed by atoms with Crippen LogP contribution in [0.4, 0.5) is 0 Å². The molecule has 90 valence electrons. The van der Waals surface area contributed by atoms with Crippen molar-refractivity contribution in [2.24, 2.45) is 0 Å². The summed E-state index contributed by atoms with van der Waals surface area (Å²) in [5, 5.41) is 7.20. The van der Waals surface area contributed by atoms with Crippen molar-refractivity contribution in [1.82, 2.24) is 15.1 Å². The van der Waals surface area contributed by atoms with E-state index in [0.29, 0.717) is 6.61 Å². The van der Waals surface area contributed by atoms with E-state index in [-0.39, 0.29) is 12.5 Å². The molecule has 0 amide bonds. The third kappa shape index (κ3) is 4.44. The molecule has 0 bridgehead atoms. The molecule has 0 saturated heterocycles. The van der Waals surface area contributed by atoms with Gasteiger partial charge < -0.3 is 10.1 Å². The lowest BCUT2D eigenvalue weighted by Crippen LogP contribution is -2.13. The van der Waals surface area contributed by atoms with Gasteiger partial charge in [-0.15, -0.1) is 0 Å². The Labute approximate surface area is 95.8 Å². The van der Waals surface area contributed by atoms with Gasteiger partial charge in [0.15, 0.2) is 0 Å². The van der Waals surface area contributed by atoms with Crippen molar-refractivity contribution in [3.05, 3.63) is 18.0 Å². The number of ether oxygens (including phenoxy) is 1. The number of carbonyl (C=O) groups excluding carboxylic acids is 1. The highest BCUT2D eigenvalue weighted by atomic mass is 16.5. The number of carbonyl (C=O) groups is 1. The minimum Gasteiger partial charge on any atom is -0.465 e. The molecule has 1 aromatic heterocycles. The Kier molecular flexibility index (Phi) is 5.56. The fourth-order valence-electron chi connectivity index (χ4n) is 1.43. The van der Waals surface area contributed by atoms with Crippen LogP contribution in [0, 0.1) is 0 Å². The summed E-state index contributed by atoms with van der Waals surface area (Å²) in [6.07, 6.45) is 5.74. The molecule has 0 atom stereocenters. The van der Waals surface area contributed by atoms with Crippen LogP contribution in [0.3, 0.4) is 0 Å². The first kappa shape index (κ1) is 12.7. The molecule has 5 nitrogen and oxygen atoms in total. The van der Waals surface area contributed by atoms with Crippen LogP contribution in [0.5, 0.6) is 0 Å². The first-order valence-electron chi connectivity index (χ1n) is 5.57. The summed E-state index contributed by atoms with van der Waals surface area (Å²) in [6, 6.07) is 0. The van der Waals surface area contributed by atoms with Crippen LogP contribution < -0.4 is 5.32 Å². The van der Waals surface area contributed by atoms with E-state index in [9.17, 15) is 4.79 Å². The molecular weight excluding hydrogens is 206 g/mol. The van der Waals surface area contributed by atoms with Crippen LogP contribution in [-0.2, 0) is 22.5 Å². The van der Waals surface area contributed by atoms with Crippen molar-refractivity contribution in [3.8, 4) is 0 Å². The molecule has 1 N–H and O–H groups in total. The zero-order valence-corrected chi connectivity index (χ0v) is 9.90. The Bertz CT molecular complexity index is 323. The Morgan fingerprint density at radius 2 is 2.44 bits per heavy atom. The zero-order valence-electron chi connectivity index (χ0n) is 9.90. The summed E-state index contributed by atoms with van der Waals surface area (Å²) < 4.78 is 6.46. The van der Waals surface area contributed by atoms with Crippen LogP contribution in [0.1, 0.15) is 18.9 Å². The van der Waals surface area contributed by atoms with E-state index >= 15 is 0 Å². The summed E-state index contributed by atoms with van der Waals surface area (Å²) in [5.74, 6) is -0.243. The van der Waals surface area contributed by atoms with E-state index in [1.54, 1.807) is 17.8 Å². The molecule has 16 heavy (non-hydrogen) atoms. The zero-order chi connectivity index (χ0) is 11.8. The van der Waals surface area contributed by atoms with Crippen molar-refractivity contribution in [2.45, 2.75) is 26.3 Å². The second-order valence-electron chi connectivity index (χ2n) is 3.56. The monoisotopic (exact) mass is 225 g/mol. The maximum atomic E-state index is 11.2. The molecule has 1 rings (SSSR count). The first-order chi connectivity index (χ1) is 7.76. The van der Waals surface area contributed by atoms with E-state index in [0.717, 1.165) is 24.9 Å². The third-order valence-electron chi connectivity index (χ3n) is 2.18. The molecular formula is C11H19N3O2. The molecule has 0 aliphatic rings. The van der Waals surface area contributed by atoms with Crippen LogP contribution in [0.25, 0.3) is 0 Å². The first-order valence-corrected chi connectivity index (χ1v) is 5.57. The SMILES string of the molecule is CCOC(=O)Cn1cc(CCCNC)cn1. The minimum absolute atomic E-state index is 0.194. The lowest BCUT2D eigenvalue weighted by Gasteiger charge is -2.01. The molecule has 0 unspecified atom stereocenters. The number of rotatable bonds is 7. The Morgan fingerprint density at radius 3 is 3.12 bits per heavy atom. The number of aromatic nitrogens is 2. The Morgan fingerprint density at radius 1 is 1.62 bits per heavy atom. The van der Waals surface area contributed by atoms with Gasteiger partial charge in [-0.3, -0.25) is 9.48 Å². The second kappa shape index (κ2) is 7.00. The summed E-state index contributed by atoms with van der Waals surface area (Å²) in [4.78, 5) is 11.2. The average molecular weight is 225 g/mol. The maximum absolute atomic E-state index is 11.2. The molecule has 1 aromatic rings. The summed E-state index contributed by atoms with van der Waals surface area (Å²) in [6.45, 7) is 3.39. The Balaban J connectivity index is 2.36. The normalized spacial score (nSPS) is 10.4. The lowest BCUT2D eigenvalue weighted by atomic mass is 10.2. The maximum Gasteiger partial charge on any atom is 0.327 e. The average Bonchev–Trinajstić information content (AvgIpc) is 2.66. The fourth-order valence-corrected chi connectivity index (χ4v) is 1.43. The molecule has 0 saturated carbocycles. The van der Waals surface area contributed by atoms with Gasteiger partial charge in [-0.05, 0) is 38.9 Å². The third-order valence-corrected chi connectivity index (χ3v) is 2.18. The van der Waals surface area contributed by atoms with Crippen molar-refractivity contribution < 1.29 is 9.53 Å². The molecule has 0 fully saturated rings. The summed E-state index contributed by atoms with van der Waals surface area (Å²) in [7, 11) is 1.93. The van der Waals surface area contributed by atoms with E-state index in [1.165, 1.54) is 0 Å². The van der Waals surface area contributed by atoms with Crippen molar-refractivity contribution in [1.29, 1.82) is 0 Å². The largest absolute Gasteiger partial charge is 0.465 e. The number of hydrogen-bond acceptors (Lipinski definition) is 4. The van der Waals surface area contributed by atoms with E-state index in [2.05, 4.69) is 10.4 Å². The number of hydrogen-bond donors (Lipinski definition) is 1. The molecule has 5 heteroatoms. The fraction of sp³-hybridized carbons (Fsp3) is 0.636. The standard InChI is InChI=1S/C11H19N3O2/c1-3-16-11(15)9-14-8-10(7-13-14)5-4-6-12-2/h7-8,12H,3-6,9H2,1-2H3. The van der Waals surface area contributed by atoms with Crippen LogP contribution >= 0.6 is 0 Å². The van der Waals surface area contributed by atoms with Gasteiger partial charge in [-0.2, -0.15) is 5.10 Å². The number of aryl methyl sites for hydroxylation is 1. The second-order valence-corrected chi connectivity index (χ2v) is 3.56. The highest BCUT2D eigenvalue weighted by Crippen LogP contribution is 2.01. The van der Waals surface area contributed by atoms with Crippen LogP contribution in [0.2, 0.25) is 0 Å². The van der Waals surface area contributed by atoms with Gasteiger partial charge in [0.1, 0.15) is 6.54 Å². The lowest BCUT2D eigenvalue weighted by molar-refractivity contribution is -0.144. The predicted octanol–water partition coefficient (Wildman–Crippen LogP) is 0.598. The number of nitrogens with one attached hydrogen (secondary N) is 1. The summed E-state index contributed by atoms with van der Waals surface area (Å²) >= 11 is 0. The minimum atomic E-state index is -0.243. The molecule has 0 spiro atoms. The van der Waals surface area contributed by atoms with Gasteiger partial charge in [0, 0.05) is 6.20 Å². The highest BCUT2D eigenvalue weighted by molar-refractivity contribution is 5.68. The van der Waals surface area contributed by atoms with Crippen LogP contribution in [0.15, 0.2) is 12.4 Å². The van der Waals surface area contributed by atoms with Gasteiger partial charge in [0.2, 0.25) is 0 Å². The van der Waals surface area contributed by atoms with Gasteiger partial charge in [-0.1, -0.05) is 0 Å². The quantitative estimate of drug-likeness (QED) is 0.545. The topological polar surface area (TPSA) is 56.1 Å². The Hall–Kier alpha value is -1.36. The smallest absolute Gasteiger partial charge is 0.327 e. The van der Waals surface area contributed by atoms with Gasteiger partial charge in [0.25, 0.3) is 0 Å².